The average molecular weight is 266 g/mol. The summed E-state index contributed by atoms with van der Waals surface area (Å²) in [5, 5.41) is 2.94. The maximum absolute atomic E-state index is 11.8. The summed E-state index contributed by atoms with van der Waals surface area (Å²) < 4.78 is 0. The Morgan fingerprint density at radius 3 is 2.61 bits per heavy atom. The molecule has 1 rings (SSSR count). The molecule has 0 saturated heterocycles. The number of thioether (sulfide) groups is 1. The molecule has 0 spiro atoms. The zero-order valence-electron chi connectivity index (χ0n) is 11.3. The number of nitrogens with zero attached hydrogens (tertiary/aromatic N) is 1. The number of hydrogen-bond acceptors (Lipinski definition) is 3. The number of rotatable bonds is 7. The molecule has 0 aliphatic rings. The molecule has 4 heteroatoms. The molecule has 100 valence electrons. The van der Waals surface area contributed by atoms with Gasteiger partial charge in [-0.2, -0.15) is 0 Å². The number of amides is 1. The normalized spacial score (nSPS) is 12.4. The molecule has 3 nitrogen and oxygen atoms in total. The Labute approximate surface area is 114 Å². The van der Waals surface area contributed by atoms with Crippen molar-refractivity contribution in [2.45, 2.75) is 17.9 Å². The van der Waals surface area contributed by atoms with Crippen molar-refractivity contribution in [1.29, 1.82) is 0 Å². The lowest BCUT2D eigenvalue weighted by atomic mass is 10.2. The van der Waals surface area contributed by atoms with E-state index in [9.17, 15) is 4.79 Å². The standard InChI is InChI=1S/C14H22N2OS/c1-12(14(17)15-9-10-16(2)3)18-11-13-7-5-4-6-8-13/h4-8,12H,9-11H2,1-3H3,(H,15,17)/t12-/m0/s1. The fraction of sp³-hybridized carbons (Fsp3) is 0.500. The van der Waals surface area contributed by atoms with E-state index >= 15 is 0 Å². The fourth-order valence-corrected chi connectivity index (χ4v) is 2.29. The van der Waals surface area contributed by atoms with Gasteiger partial charge in [-0.15, -0.1) is 11.8 Å². The van der Waals surface area contributed by atoms with Crippen LogP contribution >= 0.6 is 11.8 Å². The summed E-state index contributed by atoms with van der Waals surface area (Å²) in [6.07, 6.45) is 0. The van der Waals surface area contributed by atoms with Crippen LogP contribution in [0.5, 0.6) is 0 Å². The smallest absolute Gasteiger partial charge is 0.232 e. The Morgan fingerprint density at radius 2 is 2.00 bits per heavy atom. The average Bonchev–Trinajstić information content (AvgIpc) is 2.36. The summed E-state index contributed by atoms with van der Waals surface area (Å²) in [5.41, 5.74) is 1.26. The minimum atomic E-state index is -0.00707. The van der Waals surface area contributed by atoms with E-state index in [4.69, 9.17) is 0 Å². The van der Waals surface area contributed by atoms with Crippen LogP contribution in [-0.2, 0) is 10.5 Å². The van der Waals surface area contributed by atoms with Gasteiger partial charge in [0.25, 0.3) is 0 Å². The highest BCUT2D eigenvalue weighted by Crippen LogP contribution is 2.17. The SMILES string of the molecule is C[C@H](SCc1ccccc1)C(=O)NCCN(C)C. The zero-order valence-corrected chi connectivity index (χ0v) is 12.2. The van der Waals surface area contributed by atoms with Crippen LogP contribution in [0.1, 0.15) is 12.5 Å². The molecule has 1 atom stereocenters. The monoisotopic (exact) mass is 266 g/mol. The van der Waals surface area contributed by atoms with Crippen molar-refractivity contribution in [2.24, 2.45) is 0 Å². The van der Waals surface area contributed by atoms with Crippen molar-refractivity contribution in [3.8, 4) is 0 Å². The van der Waals surface area contributed by atoms with Crippen molar-refractivity contribution in [3.63, 3.8) is 0 Å². The first-order chi connectivity index (χ1) is 8.59. The van der Waals surface area contributed by atoms with Gasteiger partial charge in [0.05, 0.1) is 5.25 Å². The summed E-state index contributed by atoms with van der Waals surface area (Å²) in [6, 6.07) is 10.2. The molecule has 0 bridgehead atoms. The lowest BCUT2D eigenvalue weighted by molar-refractivity contribution is -0.120. The van der Waals surface area contributed by atoms with Gasteiger partial charge in [0.1, 0.15) is 0 Å². The summed E-state index contributed by atoms with van der Waals surface area (Å²) >= 11 is 1.67. The quantitative estimate of drug-likeness (QED) is 0.819. The first-order valence-electron chi connectivity index (χ1n) is 6.17. The van der Waals surface area contributed by atoms with E-state index in [-0.39, 0.29) is 11.2 Å². The lowest BCUT2D eigenvalue weighted by Crippen LogP contribution is -2.35. The summed E-state index contributed by atoms with van der Waals surface area (Å²) in [5.74, 6) is 1.00. The summed E-state index contributed by atoms with van der Waals surface area (Å²) in [4.78, 5) is 13.9. The molecular formula is C14H22N2OS. The molecule has 0 aliphatic carbocycles. The van der Waals surface area contributed by atoms with Gasteiger partial charge >= 0.3 is 0 Å². The highest BCUT2D eigenvalue weighted by molar-refractivity contribution is 7.99. The van der Waals surface area contributed by atoms with Gasteiger partial charge in [-0.3, -0.25) is 4.79 Å². The highest BCUT2D eigenvalue weighted by Gasteiger charge is 2.12. The molecule has 1 N–H and O–H groups in total. The second kappa shape index (κ2) is 8.16. The van der Waals surface area contributed by atoms with E-state index in [0.29, 0.717) is 6.54 Å². The maximum atomic E-state index is 11.8. The van der Waals surface area contributed by atoms with Crippen molar-refractivity contribution in [3.05, 3.63) is 35.9 Å². The Kier molecular flexibility index (Phi) is 6.83. The van der Waals surface area contributed by atoms with Crippen LogP contribution < -0.4 is 5.32 Å². The van der Waals surface area contributed by atoms with Crippen molar-refractivity contribution in [2.75, 3.05) is 27.2 Å². The zero-order chi connectivity index (χ0) is 13.4. The molecule has 18 heavy (non-hydrogen) atoms. The van der Waals surface area contributed by atoms with Gasteiger partial charge in [0, 0.05) is 18.8 Å². The molecule has 0 aliphatic heterocycles. The lowest BCUT2D eigenvalue weighted by Gasteiger charge is -2.14. The van der Waals surface area contributed by atoms with Gasteiger partial charge in [0.15, 0.2) is 0 Å². The predicted molar refractivity (Wildman–Crippen MR) is 78.8 cm³/mol. The molecule has 1 aromatic rings. The second-order valence-corrected chi connectivity index (χ2v) is 5.86. The third-order valence-electron chi connectivity index (χ3n) is 2.57. The molecule has 0 fully saturated rings. The van der Waals surface area contributed by atoms with Crippen LogP contribution in [0.15, 0.2) is 30.3 Å². The molecule has 0 unspecified atom stereocenters. The molecule has 1 amide bonds. The molecule has 0 radical (unpaired) electrons. The van der Waals surface area contributed by atoms with E-state index in [1.807, 2.05) is 39.2 Å². The van der Waals surface area contributed by atoms with Gasteiger partial charge in [-0.1, -0.05) is 30.3 Å². The Balaban J connectivity index is 2.23. The number of hydrogen-bond donors (Lipinski definition) is 1. The van der Waals surface area contributed by atoms with E-state index in [2.05, 4.69) is 22.3 Å². The van der Waals surface area contributed by atoms with Crippen LogP contribution in [0.2, 0.25) is 0 Å². The Morgan fingerprint density at radius 1 is 1.33 bits per heavy atom. The van der Waals surface area contributed by atoms with Crippen LogP contribution in [0.25, 0.3) is 0 Å². The summed E-state index contributed by atoms with van der Waals surface area (Å²) in [6.45, 7) is 3.54. The molecule has 0 aromatic heterocycles. The van der Waals surface area contributed by atoms with Crippen LogP contribution in [0.4, 0.5) is 0 Å². The highest BCUT2D eigenvalue weighted by atomic mass is 32.2. The number of carbonyl (C=O) groups excluding carboxylic acids is 1. The first kappa shape index (κ1) is 15.1. The molecule has 0 heterocycles. The van der Waals surface area contributed by atoms with Crippen molar-refractivity contribution in [1.82, 2.24) is 10.2 Å². The third-order valence-corrected chi connectivity index (χ3v) is 3.78. The second-order valence-electron chi connectivity index (χ2n) is 4.53. The maximum Gasteiger partial charge on any atom is 0.232 e. The topological polar surface area (TPSA) is 32.3 Å². The van der Waals surface area contributed by atoms with Crippen LogP contribution in [-0.4, -0.2) is 43.2 Å². The van der Waals surface area contributed by atoms with Gasteiger partial charge in [-0.25, -0.2) is 0 Å². The first-order valence-corrected chi connectivity index (χ1v) is 7.22. The number of benzene rings is 1. The summed E-state index contributed by atoms with van der Waals surface area (Å²) in [7, 11) is 4.00. The van der Waals surface area contributed by atoms with Gasteiger partial charge in [-0.05, 0) is 26.6 Å². The Bertz CT molecular complexity index is 354. The predicted octanol–water partition coefficient (Wildman–Crippen LogP) is 1.99. The molecule has 0 saturated carbocycles. The van der Waals surface area contributed by atoms with Crippen LogP contribution in [0, 0.1) is 0 Å². The molecule has 1 aromatic carbocycles. The minimum absolute atomic E-state index is 0.00707. The molecular weight excluding hydrogens is 244 g/mol. The van der Waals surface area contributed by atoms with E-state index in [1.54, 1.807) is 11.8 Å². The van der Waals surface area contributed by atoms with Crippen molar-refractivity contribution >= 4 is 17.7 Å². The number of likely N-dealkylation sites (N-methyl/N-ethyl adjacent to an activating group) is 1. The van der Waals surface area contributed by atoms with Crippen molar-refractivity contribution < 1.29 is 4.79 Å². The van der Waals surface area contributed by atoms with Gasteiger partial charge in [0.2, 0.25) is 5.91 Å². The minimum Gasteiger partial charge on any atom is -0.354 e. The number of nitrogens with one attached hydrogen (secondary N) is 1. The number of carbonyl (C=O) groups is 1. The largest absolute Gasteiger partial charge is 0.354 e. The van der Waals surface area contributed by atoms with E-state index in [0.717, 1.165) is 12.3 Å². The van der Waals surface area contributed by atoms with E-state index < -0.39 is 0 Å². The van der Waals surface area contributed by atoms with Gasteiger partial charge < -0.3 is 10.2 Å². The Hall–Kier alpha value is -1.00. The third kappa shape index (κ3) is 6.07. The fourth-order valence-electron chi connectivity index (χ4n) is 1.42. The van der Waals surface area contributed by atoms with E-state index in [1.165, 1.54) is 5.56 Å². The van der Waals surface area contributed by atoms with Crippen LogP contribution in [0.3, 0.4) is 0 Å².